The van der Waals surface area contributed by atoms with Crippen molar-refractivity contribution in [3.05, 3.63) is 0 Å². The largest absolute Gasteiger partial charge is 0.442 e. The second kappa shape index (κ2) is 4.21. The Morgan fingerprint density at radius 3 is 2.81 bits per heavy atom. The van der Waals surface area contributed by atoms with Gasteiger partial charge >= 0.3 is 6.09 Å². The average molecular weight is 249 g/mol. The second-order valence-corrected chi connectivity index (χ2v) is 6.48. The standard InChI is InChI=1S/C9H15NO5S/c11-5-8-4-10(9(12)15-8)7-2-1-3-16(13,14)6-7/h7-8,11H,1-6H2/t7?,8-/m1/s1. The van der Waals surface area contributed by atoms with Gasteiger partial charge < -0.3 is 14.7 Å². The van der Waals surface area contributed by atoms with E-state index in [4.69, 9.17) is 9.84 Å². The number of carbonyl (C=O) groups is 1. The highest BCUT2D eigenvalue weighted by Crippen LogP contribution is 2.22. The topological polar surface area (TPSA) is 83.9 Å². The molecule has 0 aromatic rings. The molecule has 7 heteroatoms. The molecule has 1 N–H and O–H groups in total. The van der Waals surface area contributed by atoms with Gasteiger partial charge in [0.1, 0.15) is 6.10 Å². The van der Waals surface area contributed by atoms with Crippen LogP contribution in [0.5, 0.6) is 0 Å². The average Bonchev–Trinajstić information content (AvgIpc) is 2.58. The fourth-order valence-electron chi connectivity index (χ4n) is 2.18. The highest BCUT2D eigenvalue weighted by Gasteiger charge is 2.39. The quantitative estimate of drug-likeness (QED) is 0.705. The monoisotopic (exact) mass is 249 g/mol. The molecule has 0 saturated carbocycles. The van der Waals surface area contributed by atoms with Crippen LogP contribution in [0.15, 0.2) is 0 Å². The van der Waals surface area contributed by atoms with Gasteiger partial charge in [0.15, 0.2) is 9.84 Å². The first-order chi connectivity index (χ1) is 7.52. The van der Waals surface area contributed by atoms with Crippen LogP contribution in [-0.4, -0.2) is 61.3 Å². The lowest BCUT2D eigenvalue weighted by Gasteiger charge is -2.28. The van der Waals surface area contributed by atoms with Crippen molar-refractivity contribution in [2.24, 2.45) is 0 Å². The van der Waals surface area contributed by atoms with E-state index >= 15 is 0 Å². The minimum absolute atomic E-state index is 0.0141. The summed E-state index contributed by atoms with van der Waals surface area (Å²) in [5.74, 6) is 0.218. The van der Waals surface area contributed by atoms with Gasteiger partial charge in [0.2, 0.25) is 0 Å². The third-order valence-electron chi connectivity index (χ3n) is 2.99. The Hall–Kier alpha value is -0.820. The lowest BCUT2D eigenvalue weighted by Crippen LogP contribution is -2.44. The molecule has 2 aliphatic rings. The fraction of sp³-hybridized carbons (Fsp3) is 0.889. The summed E-state index contributed by atoms with van der Waals surface area (Å²) in [5.41, 5.74) is 0. The summed E-state index contributed by atoms with van der Waals surface area (Å²) in [7, 11) is -3.03. The number of hydrogen-bond acceptors (Lipinski definition) is 5. The Labute approximate surface area is 94.1 Å². The van der Waals surface area contributed by atoms with E-state index in [1.54, 1.807) is 0 Å². The molecule has 92 valence electrons. The van der Waals surface area contributed by atoms with Gasteiger partial charge in [0.25, 0.3) is 0 Å². The Bertz CT molecular complexity index is 379. The molecule has 0 spiro atoms. The zero-order valence-electron chi connectivity index (χ0n) is 8.83. The molecule has 0 aromatic heterocycles. The summed E-state index contributed by atoms with van der Waals surface area (Å²) in [4.78, 5) is 12.9. The van der Waals surface area contributed by atoms with Gasteiger partial charge in [-0.2, -0.15) is 0 Å². The van der Waals surface area contributed by atoms with Gasteiger partial charge in [-0.25, -0.2) is 13.2 Å². The number of aliphatic hydroxyl groups is 1. The van der Waals surface area contributed by atoms with E-state index in [0.29, 0.717) is 12.8 Å². The smallest absolute Gasteiger partial charge is 0.410 e. The molecule has 1 unspecified atom stereocenters. The number of ether oxygens (including phenoxy) is 1. The molecule has 2 fully saturated rings. The van der Waals surface area contributed by atoms with Crippen LogP contribution < -0.4 is 0 Å². The Morgan fingerprint density at radius 1 is 1.50 bits per heavy atom. The lowest BCUT2D eigenvalue weighted by molar-refractivity contribution is 0.0941. The van der Waals surface area contributed by atoms with E-state index in [-0.39, 0.29) is 30.7 Å². The number of hydrogen-bond donors (Lipinski definition) is 1. The Morgan fingerprint density at radius 2 is 2.25 bits per heavy atom. The molecule has 0 radical (unpaired) electrons. The van der Waals surface area contributed by atoms with Crippen molar-refractivity contribution in [1.29, 1.82) is 0 Å². The molecule has 0 bridgehead atoms. The van der Waals surface area contributed by atoms with Gasteiger partial charge in [-0.15, -0.1) is 0 Å². The van der Waals surface area contributed by atoms with Gasteiger partial charge in [-0.1, -0.05) is 0 Å². The van der Waals surface area contributed by atoms with Crippen molar-refractivity contribution in [2.75, 3.05) is 24.7 Å². The minimum Gasteiger partial charge on any atom is -0.442 e. The maximum Gasteiger partial charge on any atom is 0.410 e. The maximum absolute atomic E-state index is 11.5. The van der Waals surface area contributed by atoms with E-state index in [0.717, 1.165) is 0 Å². The number of carbonyl (C=O) groups excluding carboxylic acids is 1. The molecule has 16 heavy (non-hydrogen) atoms. The van der Waals surface area contributed by atoms with Crippen molar-refractivity contribution in [3.63, 3.8) is 0 Å². The van der Waals surface area contributed by atoms with Crippen molar-refractivity contribution < 1.29 is 23.1 Å². The van der Waals surface area contributed by atoms with E-state index < -0.39 is 22.0 Å². The highest BCUT2D eigenvalue weighted by atomic mass is 32.2. The SMILES string of the molecule is O=C1O[C@@H](CO)CN1C1CCCS(=O)(=O)C1. The van der Waals surface area contributed by atoms with Crippen molar-refractivity contribution in [3.8, 4) is 0 Å². The lowest BCUT2D eigenvalue weighted by atomic mass is 10.1. The van der Waals surface area contributed by atoms with Crippen molar-refractivity contribution in [1.82, 2.24) is 4.90 Å². The van der Waals surface area contributed by atoms with Gasteiger partial charge in [-0.3, -0.25) is 0 Å². The first kappa shape index (κ1) is 11.7. The summed E-state index contributed by atoms with van der Waals surface area (Å²) in [6, 6.07) is -0.289. The van der Waals surface area contributed by atoms with Crippen LogP contribution in [0, 0.1) is 0 Å². The van der Waals surface area contributed by atoms with Crippen LogP contribution in [0.4, 0.5) is 4.79 Å². The Balaban J connectivity index is 2.05. The number of sulfone groups is 1. The summed E-state index contributed by atoms with van der Waals surface area (Å²) in [6.07, 6.45) is 0.242. The molecule has 2 rings (SSSR count). The van der Waals surface area contributed by atoms with Crippen LogP contribution in [-0.2, 0) is 14.6 Å². The fourth-order valence-corrected chi connectivity index (χ4v) is 3.89. The van der Waals surface area contributed by atoms with Crippen molar-refractivity contribution >= 4 is 15.9 Å². The number of aliphatic hydroxyl groups excluding tert-OH is 1. The minimum atomic E-state index is -3.03. The van der Waals surface area contributed by atoms with Crippen LogP contribution in [0.1, 0.15) is 12.8 Å². The van der Waals surface area contributed by atoms with E-state index in [9.17, 15) is 13.2 Å². The number of cyclic esters (lactones) is 1. The highest BCUT2D eigenvalue weighted by molar-refractivity contribution is 7.91. The molecular formula is C9H15NO5S. The molecule has 6 nitrogen and oxygen atoms in total. The van der Waals surface area contributed by atoms with Crippen molar-refractivity contribution in [2.45, 2.75) is 25.0 Å². The zero-order chi connectivity index (χ0) is 11.8. The number of rotatable bonds is 2. The summed E-state index contributed by atoms with van der Waals surface area (Å²) in [6.45, 7) is 0.0667. The third kappa shape index (κ3) is 2.30. The summed E-state index contributed by atoms with van der Waals surface area (Å²) in [5, 5.41) is 8.88. The number of nitrogens with zero attached hydrogens (tertiary/aromatic N) is 1. The molecule has 2 saturated heterocycles. The Kier molecular flexibility index (Phi) is 3.07. The van der Waals surface area contributed by atoms with Crippen LogP contribution in [0.2, 0.25) is 0 Å². The van der Waals surface area contributed by atoms with E-state index in [1.807, 2.05) is 0 Å². The molecular weight excluding hydrogens is 234 g/mol. The van der Waals surface area contributed by atoms with Crippen LogP contribution in [0.3, 0.4) is 0 Å². The maximum atomic E-state index is 11.5. The summed E-state index contributed by atoms with van der Waals surface area (Å²) < 4.78 is 27.8. The molecule has 0 aromatic carbocycles. The third-order valence-corrected chi connectivity index (χ3v) is 4.79. The summed E-state index contributed by atoms with van der Waals surface area (Å²) >= 11 is 0. The van der Waals surface area contributed by atoms with Gasteiger partial charge in [0, 0.05) is 6.04 Å². The normalized spacial score (nSPS) is 33.8. The second-order valence-electron chi connectivity index (χ2n) is 4.25. The molecule has 2 atom stereocenters. The molecule has 2 heterocycles. The molecule has 1 amide bonds. The van der Waals surface area contributed by atoms with Gasteiger partial charge in [-0.05, 0) is 12.8 Å². The van der Waals surface area contributed by atoms with E-state index in [1.165, 1.54) is 4.90 Å². The predicted molar refractivity (Wildman–Crippen MR) is 55.7 cm³/mol. The number of amides is 1. The first-order valence-corrected chi connectivity index (χ1v) is 7.12. The predicted octanol–water partition coefficient (Wildman–Crippen LogP) is -0.623. The molecule has 2 aliphatic heterocycles. The van der Waals surface area contributed by atoms with E-state index in [2.05, 4.69) is 0 Å². The van der Waals surface area contributed by atoms with Crippen LogP contribution in [0.25, 0.3) is 0 Å². The zero-order valence-corrected chi connectivity index (χ0v) is 9.65. The molecule has 0 aliphatic carbocycles. The first-order valence-electron chi connectivity index (χ1n) is 5.30. The van der Waals surface area contributed by atoms with Crippen LogP contribution >= 0.6 is 0 Å². The van der Waals surface area contributed by atoms with Gasteiger partial charge in [0.05, 0.1) is 24.7 Å².